The number of methoxy groups -OCH3 is 3. The molecule has 0 unspecified atom stereocenters. The quantitative estimate of drug-likeness (QED) is 0.249. The first-order chi connectivity index (χ1) is 20.9. The summed E-state index contributed by atoms with van der Waals surface area (Å²) in [5.74, 6) is 1.62. The first-order valence-corrected chi connectivity index (χ1v) is 14.5. The van der Waals surface area contributed by atoms with Crippen molar-refractivity contribution in [3.63, 3.8) is 0 Å². The van der Waals surface area contributed by atoms with Gasteiger partial charge in [-0.3, -0.25) is 9.36 Å². The zero-order valence-corrected chi connectivity index (χ0v) is 25.4. The van der Waals surface area contributed by atoms with Gasteiger partial charge >= 0.3 is 5.97 Å². The number of nitrogens with zero attached hydrogens (tertiary/aromatic N) is 2. The lowest BCUT2D eigenvalue weighted by molar-refractivity contribution is -0.139. The van der Waals surface area contributed by atoms with E-state index in [1.807, 2.05) is 48.5 Å². The predicted molar refractivity (Wildman–Crippen MR) is 164 cm³/mol. The largest absolute Gasteiger partial charge is 0.497 e. The lowest BCUT2D eigenvalue weighted by atomic mass is 9.94. The van der Waals surface area contributed by atoms with Gasteiger partial charge < -0.3 is 23.7 Å². The number of hydrogen-bond donors (Lipinski definition) is 0. The summed E-state index contributed by atoms with van der Waals surface area (Å²) in [7, 11) is 4.66. The molecule has 0 radical (unpaired) electrons. The van der Waals surface area contributed by atoms with Crippen molar-refractivity contribution in [3.8, 4) is 23.0 Å². The smallest absolute Gasteiger partial charge is 0.338 e. The molecule has 1 aliphatic rings. The SMILES string of the molecule is CCOC(=O)C1=C(C)N=c2s/c(=C/c3ccc(OCc4ccccc4)c(OC)c3)c(=O)n2[C@H]1c1cc(OC)ccc1OC. The van der Waals surface area contributed by atoms with E-state index in [1.165, 1.54) is 23.0 Å². The number of ether oxygens (including phenoxy) is 5. The summed E-state index contributed by atoms with van der Waals surface area (Å²) in [5, 5.41) is 0. The van der Waals surface area contributed by atoms with Gasteiger partial charge in [-0.1, -0.05) is 47.7 Å². The van der Waals surface area contributed by atoms with Crippen LogP contribution in [0.3, 0.4) is 0 Å². The van der Waals surface area contributed by atoms with E-state index in [0.717, 1.165) is 11.1 Å². The summed E-state index contributed by atoms with van der Waals surface area (Å²) >= 11 is 1.23. The van der Waals surface area contributed by atoms with E-state index >= 15 is 0 Å². The minimum atomic E-state index is -0.842. The molecule has 43 heavy (non-hydrogen) atoms. The molecular weight excluding hydrogens is 568 g/mol. The molecule has 3 aromatic carbocycles. The summed E-state index contributed by atoms with van der Waals surface area (Å²) in [5.41, 5.74) is 2.77. The average molecular weight is 601 g/mol. The molecule has 5 rings (SSSR count). The fourth-order valence-corrected chi connectivity index (χ4v) is 5.97. The van der Waals surface area contributed by atoms with Crippen molar-refractivity contribution in [1.29, 1.82) is 0 Å². The molecule has 9 nitrogen and oxygen atoms in total. The molecule has 0 saturated carbocycles. The van der Waals surface area contributed by atoms with Crippen molar-refractivity contribution in [2.75, 3.05) is 27.9 Å². The van der Waals surface area contributed by atoms with Crippen molar-refractivity contribution < 1.29 is 28.5 Å². The molecule has 0 bridgehead atoms. The van der Waals surface area contributed by atoms with Gasteiger partial charge in [-0.15, -0.1) is 0 Å². The number of esters is 1. The summed E-state index contributed by atoms with van der Waals surface area (Å²) in [6.45, 7) is 4.04. The Morgan fingerprint density at radius 1 is 0.953 bits per heavy atom. The maximum atomic E-state index is 14.0. The Morgan fingerprint density at radius 3 is 2.40 bits per heavy atom. The fraction of sp³-hybridized carbons (Fsp3) is 0.242. The van der Waals surface area contributed by atoms with E-state index in [0.29, 0.717) is 50.2 Å². The third kappa shape index (κ3) is 6.05. The molecule has 1 aliphatic heterocycles. The molecule has 222 valence electrons. The highest BCUT2D eigenvalue weighted by Crippen LogP contribution is 2.38. The van der Waals surface area contributed by atoms with Crippen LogP contribution in [0, 0.1) is 0 Å². The molecular formula is C33H32N2O7S. The van der Waals surface area contributed by atoms with E-state index < -0.39 is 12.0 Å². The minimum Gasteiger partial charge on any atom is -0.497 e. The van der Waals surface area contributed by atoms with Crippen LogP contribution >= 0.6 is 11.3 Å². The molecule has 0 saturated heterocycles. The Hall–Kier alpha value is -4.83. The number of allylic oxidation sites excluding steroid dienone is 1. The number of carbonyl (C=O) groups is 1. The van der Waals surface area contributed by atoms with Gasteiger partial charge in [0.25, 0.3) is 5.56 Å². The van der Waals surface area contributed by atoms with Crippen LogP contribution in [-0.2, 0) is 16.1 Å². The fourth-order valence-electron chi connectivity index (χ4n) is 4.92. The topological polar surface area (TPSA) is 97.6 Å². The highest BCUT2D eigenvalue weighted by atomic mass is 32.1. The predicted octanol–water partition coefficient (Wildman–Crippen LogP) is 4.40. The molecule has 4 aromatic rings. The third-order valence-corrected chi connectivity index (χ3v) is 7.95. The lowest BCUT2D eigenvalue weighted by Gasteiger charge is -2.26. The Labute approximate surface area is 252 Å². The van der Waals surface area contributed by atoms with Crippen LogP contribution in [0.25, 0.3) is 6.08 Å². The second-order valence-electron chi connectivity index (χ2n) is 9.59. The molecule has 1 atom stereocenters. The van der Waals surface area contributed by atoms with Crippen molar-refractivity contribution in [3.05, 3.63) is 114 Å². The van der Waals surface area contributed by atoms with Gasteiger partial charge in [-0.25, -0.2) is 9.79 Å². The number of benzene rings is 3. The van der Waals surface area contributed by atoms with Crippen LogP contribution < -0.4 is 33.8 Å². The summed E-state index contributed by atoms with van der Waals surface area (Å²) in [4.78, 5) is 32.4. The first kappa shape index (κ1) is 29.7. The average Bonchev–Trinajstić information content (AvgIpc) is 3.33. The number of thiazole rings is 1. The van der Waals surface area contributed by atoms with Crippen molar-refractivity contribution in [1.82, 2.24) is 4.57 Å². The molecule has 0 N–H and O–H groups in total. The van der Waals surface area contributed by atoms with Gasteiger partial charge in [0.1, 0.15) is 24.1 Å². The van der Waals surface area contributed by atoms with E-state index in [-0.39, 0.29) is 17.7 Å². The van der Waals surface area contributed by atoms with Crippen molar-refractivity contribution in [2.24, 2.45) is 4.99 Å². The van der Waals surface area contributed by atoms with Crippen molar-refractivity contribution in [2.45, 2.75) is 26.5 Å². The van der Waals surface area contributed by atoms with Crippen LogP contribution in [-0.4, -0.2) is 38.5 Å². The Bertz CT molecular complexity index is 1860. The van der Waals surface area contributed by atoms with E-state index in [2.05, 4.69) is 4.99 Å². The van der Waals surface area contributed by atoms with Gasteiger partial charge in [0.15, 0.2) is 16.3 Å². The van der Waals surface area contributed by atoms with Crippen LogP contribution in [0.2, 0.25) is 0 Å². The second-order valence-corrected chi connectivity index (χ2v) is 10.6. The zero-order valence-electron chi connectivity index (χ0n) is 24.6. The van der Waals surface area contributed by atoms with Gasteiger partial charge in [0.2, 0.25) is 0 Å². The summed E-state index contributed by atoms with van der Waals surface area (Å²) < 4.78 is 30.1. The number of rotatable bonds is 10. The van der Waals surface area contributed by atoms with E-state index in [9.17, 15) is 9.59 Å². The normalized spacial score (nSPS) is 14.5. The number of hydrogen-bond acceptors (Lipinski definition) is 9. The van der Waals surface area contributed by atoms with Gasteiger partial charge in [-0.05, 0) is 61.4 Å². The third-order valence-electron chi connectivity index (χ3n) is 6.97. The van der Waals surface area contributed by atoms with Gasteiger partial charge in [0.05, 0.1) is 43.7 Å². The number of carbonyl (C=O) groups excluding carboxylic acids is 1. The minimum absolute atomic E-state index is 0.175. The number of aromatic nitrogens is 1. The molecule has 0 amide bonds. The highest BCUT2D eigenvalue weighted by molar-refractivity contribution is 7.07. The maximum Gasteiger partial charge on any atom is 0.338 e. The monoisotopic (exact) mass is 600 g/mol. The first-order valence-electron chi connectivity index (χ1n) is 13.6. The maximum absolute atomic E-state index is 14.0. The lowest BCUT2D eigenvalue weighted by Crippen LogP contribution is -2.40. The van der Waals surface area contributed by atoms with Crippen LogP contribution in [0.5, 0.6) is 23.0 Å². The van der Waals surface area contributed by atoms with E-state index in [4.69, 9.17) is 23.7 Å². The van der Waals surface area contributed by atoms with E-state index in [1.54, 1.807) is 52.3 Å². The highest BCUT2D eigenvalue weighted by Gasteiger charge is 2.35. The second kappa shape index (κ2) is 13.0. The molecule has 0 spiro atoms. The Balaban J connectivity index is 1.60. The number of fused-ring (bicyclic) bond motifs is 1. The standard InChI is InChI=1S/C33H32N2O7S/c1-6-41-32(37)29-20(2)34-33-35(30(29)24-18-23(38-3)13-15-25(24)39-4)31(36)28(43-33)17-22-12-14-26(27(16-22)40-5)42-19-21-10-8-7-9-11-21/h7-18,30H,6,19H2,1-5H3/b28-17+/t30-/m0/s1. The molecule has 2 heterocycles. The van der Waals surface area contributed by atoms with Gasteiger partial charge in [0, 0.05) is 5.56 Å². The summed E-state index contributed by atoms with van der Waals surface area (Å²) in [6.07, 6.45) is 1.77. The van der Waals surface area contributed by atoms with Crippen molar-refractivity contribution >= 4 is 23.4 Å². The van der Waals surface area contributed by atoms with Crippen LogP contribution in [0.15, 0.2) is 87.8 Å². The van der Waals surface area contributed by atoms with Crippen LogP contribution in [0.4, 0.5) is 0 Å². The zero-order chi connectivity index (χ0) is 30.5. The summed E-state index contributed by atoms with van der Waals surface area (Å²) in [6, 6.07) is 19.8. The Kier molecular flexibility index (Phi) is 8.96. The van der Waals surface area contributed by atoms with Gasteiger partial charge in [-0.2, -0.15) is 0 Å². The molecule has 1 aromatic heterocycles. The molecule has 10 heteroatoms. The Morgan fingerprint density at radius 2 is 1.70 bits per heavy atom. The molecule has 0 aliphatic carbocycles. The van der Waals surface area contributed by atoms with Crippen LogP contribution in [0.1, 0.15) is 36.6 Å². The molecule has 0 fully saturated rings.